The second-order valence-electron chi connectivity index (χ2n) is 16.9. The van der Waals surface area contributed by atoms with Gasteiger partial charge in [0.25, 0.3) is 0 Å². The molecule has 0 aliphatic heterocycles. The molecule has 0 aromatic rings. The quantitative estimate of drug-likeness (QED) is 0.0377. The van der Waals surface area contributed by atoms with Crippen LogP contribution in [0.1, 0.15) is 232 Å². The number of carbonyl (C=O) groups excluding carboxylic acids is 1. The zero-order valence-electron chi connectivity index (χ0n) is 40.1. The monoisotopic (exact) mass is 847 g/mol. The van der Waals surface area contributed by atoms with Crippen molar-refractivity contribution in [3.8, 4) is 0 Å². The molecule has 1 N–H and O–H groups in total. The maximum atomic E-state index is 12.3. The predicted molar refractivity (Wildman–Crippen MR) is 269 cm³/mol. The Morgan fingerprint density at radius 3 is 1.13 bits per heavy atom. The van der Waals surface area contributed by atoms with Crippen molar-refractivity contribution >= 4 is 5.97 Å². The Balaban J connectivity index is 3.51. The Bertz CT molecular complexity index is 1120. The summed E-state index contributed by atoms with van der Waals surface area (Å²) in [4.78, 5) is 12.3. The standard InChI is InChI=1S/C57H98O4/c1-3-5-7-9-11-13-15-17-19-21-23-25-27-29-30-32-34-36-38-40-42-44-46-48-50-52-57(59)61-56(54-58)55-60-53-51-49-47-45-43-41-39-37-35-33-31-28-26-24-22-20-18-16-14-12-10-8-6-4-2/h6,8,12,14,18,20-21,23-24,26,31,33,37,39,43,45,56,58H,3-5,7,9-11,13,15-17,19,22,25,27-30,32,34-36,38,40-42,44,46-55H2,1-2H3/b8-6-,14-12-,20-18-,23-21-,26-24-,33-31-,39-37-,45-43-. The van der Waals surface area contributed by atoms with Gasteiger partial charge in [0.2, 0.25) is 0 Å². The number of aliphatic hydroxyl groups excluding tert-OH is 1. The molecule has 0 aromatic heterocycles. The van der Waals surface area contributed by atoms with Crippen LogP contribution in [0.3, 0.4) is 0 Å². The van der Waals surface area contributed by atoms with Gasteiger partial charge in [-0.25, -0.2) is 0 Å². The van der Waals surface area contributed by atoms with Gasteiger partial charge >= 0.3 is 5.97 Å². The van der Waals surface area contributed by atoms with E-state index in [2.05, 4.69) is 111 Å². The normalized spacial score (nSPS) is 13.2. The predicted octanol–water partition coefficient (Wildman–Crippen LogP) is 17.7. The molecule has 0 rings (SSSR count). The third-order valence-corrected chi connectivity index (χ3v) is 10.9. The number of allylic oxidation sites excluding steroid dienone is 16. The highest BCUT2D eigenvalue weighted by atomic mass is 16.6. The Morgan fingerprint density at radius 2 is 0.738 bits per heavy atom. The van der Waals surface area contributed by atoms with Crippen molar-refractivity contribution in [2.24, 2.45) is 0 Å². The summed E-state index contributed by atoms with van der Waals surface area (Å²) < 4.78 is 11.2. The molecule has 4 nitrogen and oxygen atoms in total. The van der Waals surface area contributed by atoms with Crippen LogP contribution in [0.5, 0.6) is 0 Å². The van der Waals surface area contributed by atoms with Crippen LogP contribution in [0.15, 0.2) is 97.2 Å². The van der Waals surface area contributed by atoms with Gasteiger partial charge in [-0.15, -0.1) is 0 Å². The van der Waals surface area contributed by atoms with E-state index in [1.807, 2.05) is 0 Å². The van der Waals surface area contributed by atoms with Gasteiger partial charge in [0, 0.05) is 13.0 Å². The Labute approximate surface area is 379 Å². The smallest absolute Gasteiger partial charge is 0.306 e. The molecule has 0 amide bonds. The number of aliphatic hydroxyl groups is 1. The van der Waals surface area contributed by atoms with Crippen LogP contribution in [0.2, 0.25) is 0 Å². The molecule has 1 atom stereocenters. The van der Waals surface area contributed by atoms with Gasteiger partial charge in [0.05, 0.1) is 13.2 Å². The molecule has 0 heterocycles. The van der Waals surface area contributed by atoms with E-state index in [4.69, 9.17) is 9.47 Å². The van der Waals surface area contributed by atoms with E-state index in [1.54, 1.807) is 0 Å². The summed E-state index contributed by atoms with van der Waals surface area (Å²) in [5.41, 5.74) is 0. The first-order valence-corrected chi connectivity index (χ1v) is 25.8. The fourth-order valence-corrected chi connectivity index (χ4v) is 7.07. The lowest BCUT2D eigenvalue weighted by Gasteiger charge is -2.15. The van der Waals surface area contributed by atoms with Gasteiger partial charge in [-0.2, -0.15) is 0 Å². The summed E-state index contributed by atoms with van der Waals surface area (Å²) in [5.74, 6) is -0.217. The van der Waals surface area contributed by atoms with Crippen LogP contribution in [0.25, 0.3) is 0 Å². The van der Waals surface area contributed by atoms with Crippen LogP contribution in [0, 0.1) is 0 Å². The van der Waals surface area contributed by atoms with Crippen molar-refractivity contribution in [2.75, 3.05) is 19.8 Å². The van der Waals surface area contributed by atoms with E-state index in [0.717, 1.165) is 77.0 Å². The number of esters is 1. The van der Waals surface area contributed by atoms with E-state index in [-0.39, 0.29) is 19.2 Å². The number of rotatable bonds is 47. The Kier molecular flexibility index (Phi) is 51.1. The first-order valence-electron chi connectivity index (χ1n) is 25.8. The van der Waals surface area contributed by atoms with E-state index < -0.39 is 6.10 Å². The molecule has 0 aliphatic carbocycles. The molecule has 4 heteroatoms. The molecule has 0 fully saturated rings. The Hall–Kier alpha value is -2.69. The lowest BCUT2D eigenvalue weighted by atomic mass is 10.0. The van der Waals surface area contributed by atoms with E-state index in [9.17, 15) is 9.90 Å². The van der Waals surface area contributed by atoms with Crippen LogP contribution >= 0.6 is 0 Å². The molecule has 0 saturated carbocycles. The lowest BCUT2D eigenvalue weighted by Crippen LogP contribution is -2.27. The minimum atomic E-state index is -0.565. The summed E-state index contributed by atoms with van der Waals surface area (Å²) in [6.07, 6.45) is 76.5. The molecule has 0 spiro atoms. The molecule has 0 bridgehead atoms. The van der Waals surface area contributed by atoms with E-state index >= 15 is 0 Å². The topological polar surface area (TPSA) is 55.8 Å². The zero-order valence-corrected chi connectivity index (χ0v) is 40.1. The summed E-state index contributed by atoms with van der Waals surface area (Å²) in [6, 6.07) is 0. The Morgan fingerprint density at radius 1 is 0.410 bits per heavy atom. The highest BCUT2D eigenvalue weighted by molar-refractivity contribution is 5.69. The second-order valence-corrected chi connectivity index (χ2v) is 16.9. The van der Waals surface area contributed by atoms with Crippen molar-refractivity contribution in [3.05, 3.63) is 97.2 Å². The number of hydrogen-bond acceptors (Lipinski definition) is 4. The maximum absolute atomic E-state index is 12.3. The minimum Gasteiger partial charge on any atom is -0.457 e. The van der Waals surface area contributed by atoms with Gasteiger partial charge in [0.1, 0.15) is 6.10 Å². The highest BCUT2D eigenvalue weighted by Crippen LogP contribution is 2.15. The summed E-state index contributed by atoms with van der Waals surface area (Å²) in [5, 5.41) is 9.65. The molecule has 0 radical (unpaired) electrons. The molecular weight excluding hydrogens is 749 g/mol. The fraction of sp³-hybridized carbons (Fsp3) is 0.702. The van der Waals surface area contributed by atoms with E-state index in [0.29, 0.717) is 13.0 Å². The van der Waals surface area contributed by atoms with Crippen molar-refractivity contribution in [1.29, 1.82) is 0 Å². The SMILES string of the molecule is CC/C=C\C/C=C\C/C=C\C/C=C\C/C=C\C/C=C\C/C=C\CCCCOCC(CO)OC(=O)CCCCCCCCCCCCCCC/C=C\CCCCCCCCCC. The average molecular weight is 847 g/mol. The molecule has 1 unspecified atom stereocenters. The van der Waals surface area contributed by atoms with Gasteiger partial charge in [-0.1, -0.05) is 227 Å². The van der Waals surface area contributed by atoms with Crippen molar-refractivity contribution < 1.29 is 19.4 Å². The zero-order chi connectivity index (χ0) is 44.0. The second kappa shape index (κ2) is 53.4. The average Bonchev–Trinajstić information content (AvgIpc) is 3.27. The summed E-state index contributed by atoms with van der Waals surface area (Å²) in [6.45, 7) is 5.14. The number of ether oxygens (including phenoxy) is 2. The maximum Gasteiger partial charge on any atom is 0.306 e. The van der Waals surface area contributed by atoms with Gasteiger partial charge in [-0.3, -0.25) is 4.79 Å². The number of carbonyl (C=O) groups is 1. The molecule has 0 saturated heterocycles. The van der Waals surface area contributed by atoms with Gasteiger partial charge in [-0.05, 0) is 96.3 Å². The minimum absolute atomic E-state index is 0.194. The van der Waals surface area contributed by atoms with Crippen molar-refractivity contribution in [3.63, 3.8) is 0 Å². The highest BCUT2D eigenvalue weighted by Gasteiger charge is 2.13. The van der Waals surface area contributed by atoms with Crippen molar-refractivity contribution in [2.45, 2.75) is 238 Å². The fourth-order valence-electron chi connectivity index (χ4n) is 7.07. The van der Waals surface area contributed by atoms with Gasteiger partial charge in [0.15, 0.2) is 0 Å². The van der Waals surface area contributed by atoms with Crippen LogP contribution in [0.4, 0.5) is 0 Å². The molecule has 0 aliphatic rings. The summed E-state index contributed by atoms with van der Waals surface area (Å²) >= 11 is 0. The third kappa shape index (κ3) is 51.6. The van der Waals surface area contributed by atoms with Crippen LogP contribution < -0.4 is 0 Å². The van der Waals surface area contributed by atoms with E-state index in [1.165, 1.54) is 135 Å². The third-order valence-electron chi connectivity index (χ3n) is 10.9. The molecule has 0 aromatic carbocycles. The largest absolute Gasteiger partial charge is 0.457 e. The molecular formula is C57H98O4. The van der Waals surface area contributed by atoms with Crippen LogP contribution in [-0.2, 0) is 14.3 Å². The van der Waals surface area contributed by atoms with Gasteiger partial charge < -0.3 is 14.6 Å². The molecule has 350 valence electrons. The number of hydrogen-bond donors (Lipinski definition) is 1. The number of unbranched alkanes of at least 4 members (excludes halogenated alkanes) is 23. The molecule has 61 heavy (non-hydrogen) atoms. The first kappa shape index (κ1) is 58.3. The first-order chi connectivity index (χ1) is 30.2. The summed E-state index contributed by atoms with van der Waals surface area (Å²) in [7, 11) is 0. The van der Waals surface area contributed by atoms with Crippen molar-refractivity contribution in [1.82, 2.24) is 0 Å². The lowest BCUT2D eigenvalue weighted by molar-refractivity contribution is -0.154. The van der Waals surface area contributed by atoms with Crippen LogP contribution in [-0.4, -0.2) is 37.0 Å².